The van der Waals surface area contributed by atoms with Gasteiger partial charge in [-0.25, -0.2) is 0 Å². The van der Waals surface area contributed by atoms with Crippen molar-refractivity contribution in [3.8, 4) is 11.5 Å². The van der Waals surface area contributed by atoms with Crippen molar-refractivity contribution in [3.05, 3.63) is 54.6 Å². The Morgan fingerprint density at radius 3 is 2.77 bits per heavy atom. The van der Waals surface area contributed by atoms with E-state index in [4.69, 9.17) is 15.2 Å². The molecule has 0 bridgehead atoms. The minimum Gasteiger partial charge on any atom is -0.457 e. The van der Waals surface area contributed by atoms with Crippen molar-refractivity contribution in [1.82, 2.24) is 0 Å². The lowest BCUT2D eigenvalue weighted by atomic mass is 10.1. The van der Waals surface area contributed by atoms with Gasteiger partial charge in [0.15, 0.2) is 5.96 Å². The van der Waals surface area contributed by atoms with Crippen LogP contribution < -0.4 is 15.8 Å². The second kappa shape index (κ2) is 9.82. The van der Waals surface area contributed by atoms with Crippen LogP contribution in [-0.4, -0.2) is 25.2 Å². The fourth-order valence-electron chi connectivity index (χ4n) is 3.00. The van der Waals surface area contributed by atoms with Crippen molar-refractivity contribution in [2.24, 2.45) is 10.7 Å². The summed E-state index contributed by atoms with van der Waals surface area (Å²) in [5.74, 6) is 1.98. The first kappa shape index (κ1) is 18.3. The highest BCUT2D eigenvalue weighted by molar-refractivity contribution is 5.92. The minimum atomic E-state index is 0.403. The average Bonchev–Trinajstić information content (AvgIpc) is 2.67. The number of rotatable bonds is 7. The molecule has 0 amide bonds. The van der Waals surface area contributed by atoms with Crippen molar-refractivity contribution >= 4 is 11.6 Å². The first-order valence-corrected chi connectivity index (χ1v) is 9.31. The zero-order chi connectivity index (χ0) is 18.0. The van der Waals surface area contributed by atoms with Gasteiger partial charge >= 0.3 is 0 Å². The summed E-state index contributed by atoms with van der Waals surface area (Å²) in [4.78, 5) is 4.40. The van der Waals surface area contributed by atoms with Crippen LogP contribution in [0.15, 0.2) is 59.6 Å². The summed E-state index contributed by atoms with van der Waals surface area (Å²) in [5, 5.41) is 3.12. The van der Waals surface area contributed by atoms with Gasteiger partial charge in [0.25, 0.3) is 0 Å². The standard InChI is InChI=1S/C21H27N3O2/c22-21(23-14-7-13-18-9-4-5-15-25-18)24-17-8-6-12-20(16-17)26-19-10-2-1-3-11-19/h1-3,6,8,10-12,16,18H,4-5,7,9,13-15H2,(H3,22,23,24). The van der Waals surface area contributed by atoms with Gasteiger partial charge in [-0.2, -0.15) is 0 Å². The Bertz CT molecular complexity index is 697. The number of para-hydroxylation sites is 1. The van der Waals surface area contributed by atoms with Gasteiger partial charge < -0.3 is 20.5 Å². The van der Waals surface area contributed by atoms with Gasteiger partial charge in [-0.05, 0) is 56.4 Å². The van der Waals surface area contributed by atoms with E-state index in [1.165, 1.54) is 19.3 Å². The van der Waals surface area contributed by atoms with Crippen LogP contribution in [0.3, 0.4) is 0 Å². The molecule has 0 saturated carbocycles. The molecule has 0 spiro atoms. The Balaban J connectivity index is 1.45. The molecule has 0 radical (unpaired) electrons. The number of nitrogens with two attached hydrogens (primary N) is 1. The number of nitrogens with zero attached hydrogens (tertiary/aromatic N) is 1. The summed E-state index contributed by atoms with van der Waals surface area (Å²) < 4.78 is 11.6. The number of benzene rings is 2. The second-order valence-corrected chi connectivity index (χ2v) is 6.47. The third-order valence-electron chi connectivity index (χ3n) is 4.33. The number of hydrogen-bond acceptors (Lipinski definition) is 3. The molecule has 1 fully saturated rings. The molecule has 3 rings (SSSR count). The van der Waals surface area contributed by atoms with Crippen molar-refractivity contribution in [1.29, 1.82) is 0 Å². The van der Waals surface area contributed by atoms with Gasteiger partial charge in [-0.3, -0.25) is 4.99 Å². The second-order valence-electron chi connectivity index (χ2n) is 6.47. The molecule has 2 aromatic carbocycles. The molecule has 1 saturated heterocycles. The van der Waals surface area contributed by atoms with E-state index in [9.17, 15) is 0 Å². The summed E-state index contributed by atoms with van der Waals surface area (Å²) in [7, 11) is 0. The fraction of sp³-hybridized carbons (Fsp3) is 0.381. The number of anilines is 1. The largest absolute Gasteiger partial charge is 0.457 e. The van der Waals surface area contributed by atoms with E-state index >= 15 is 0 Å². The molecule has 0 aromatic heterocycles. The highest BCUT2D eigenvalue weighted by Gasteiger charge is 2.12. The Labute approximate surface area is 155 Å². The van der Waals surface area contributed by atoms with Crippen LogP contribution in [0.1, 0.15) is 32.1 Å². The van der Waals surface area contributed by atoms with Gasteiger partial charge in [0.2, 0.25) is 0 Å². The highest BCUT2D eigenvalue weighted by Crippen LogP contribution is 2.23. The molecule has 1 unspecified atom stereocenters. The van der Waals surface area contributed by atoms with Crippen LogP contribution in [-0.2, 0) is 4.74 Å². The minimum absolute atomic E-state index is 0.403. The van der Waals surface area contributed by atoms with Crippen molar-refractivity contribution in [3.63, 3.8) is 0 Å². The maximum absolute atomic E-state index is 5.99. The third kappa shape index (κ3) is 6.08. The molecule has 5 nitrogen and oxygen atoms in total. The molecule has 5 heteroatoms. The molecular formula is C21H27N3O2. The molecule has 3 N–H and O–H groups in total. The van der Waals surface area contributed by atoms with Gasteiger partial charge in [0.05, 0.1) is 6.10 Å². The molecule has 1 heterocycles. The van der Waals surface area contributed by atoms with E-state index in [0.29, 0.717) is 18.6 Å². The zero-order valence-electron chi connectivity index (χ0n) is 15.1. The number of guanidine groups is 1. The lowest BCUT2D eigenvalue weighted by molar-refractivity contribution is 0.0105. The van der Waals surface area contributed by atoms with E-state index in [2.05, 4.69) is 10.3 Å². The lowest BCUT2D eigenvalue weighted by Gasteiger charge is -2.22. The summed E-state index contributed by atoms with van der Waals surface area (Å²) in [5.41, 5.74) is 6.85. The first-order chi connectivity index (χ1) is 12.8. The Hall–Kier alpha value is -2.53. The zero-order valence-corrected chi connectivity index (χ0v) is 15.1. The van der Waals surface area contributed by atoms with Crippen LogP contribution in [0.2, 0.25) is 0 Å². The Kier molecular flexibility index (Phi) is 6.90. The van der Waals surface area contributed by atoms with Crippen molar-refractivity contribution in [2.75, 3.05) is 18.5 Å². The predicted molar refractivity (Wildman–Crippen MR) is 106 cm³/mol. The molecule has 1 aliphatic rings. The summed E-state index contributed by atoms with van der Waals surface area (Å²) >= 11 is 0. The van der Waals surface area contributed by atoms with Gasteiger partial charge in [-0.1, -0.05) is 24.3 Å². The molecule has 2 aromatic rings. The van der Waals surface area contributed by atoms with E-state index in [-0.39, 0.29) is 0 Å². The molecule has 26 heavy (non-hydrogen) atoms. The smallest absolute Gasteiger partial charge is 0.193 e. The van der Waals surface area contributed by atoms with Crippen LogP contribution in [0.25, 0.3) is 0 Å². The molecular weight excluding hydrogens is 326 g/mol. The fourth-order valence-corrected chi connectivity index (χ4v) is 3.00. The predicted octanol–water partition coefficient (Wildman–Crippen LogP) is 4.55. The summed E-state index contributed by atoms with van der Waals surface area (Å²) in [6.45, 7) is 1.61. The Morgan fingerprint density at radius 1 is 1.12 bits per heavy atom. The normalized spacial score (nSPS) is 17.7. The van der Waals surface area contributed by atoms with Crippen LogP contribution in [0.4, 0.5) is 5.69 Å². The summed E-state index contributed by atoms with van der Waals surface area (Å²) in [6.07, 6.45) is 6.09. The molecule has 1 aliphatic heterocycles. The van der Waals surface area contributed by atoms with Crippen molar-refractivity contribution in [2.45, 2.75) is 38.2 Å². The monoisotopic (exact) mass is 353 g/mol. The highest BCUT2D eigenvalue weighted by atomic mass is 16.5. The third-order valence-corrected chi connectivity index (χ3v) is 4.33. The van der Waals surface area contributed by atoms with Crippen LogP contribution in [0.5, 0.6) is 11.5 Å². The van der Waals surface area contributed by atoms with E-state index in [0.717, 1.165) is 36.6 Å². The first-order valence-electron chi connectivity index (χ1n) is 9.31. The lowest BCUT2D eigenvalue weighted by Crippen LogP contribution is -2.23. The van der Waals surface area contributed by atoms with E-state index in [1.54, 1.807) is 0 Å². The Morgan fingerprint density at radius 2 is 1.96 bits per heavy atom. The van der Waals surface area contributed by atoms with Gasteiger partial charge in [0.1, 0.15) is 11.5 Å². The number of ether oxygens (including phenoxy) is 2. The van der Waals surface area contributed by atoms with Crippen LogP contribution in [0, 0.1) is 0 Å². The molecule has 1 atom stereocenters. The van der Waals surface area contributed by atoms with Gasteiger partial charge in [-0.15, -0.1) is 0 Å². The summed E-state index contributed by atoms with van der Waals surface area (Å²) in [6, 6.07) is 17.4. The quantitative estimate of drug-likeness (QED) is 0.435. The van der Waals surface area contributed by atoms with E-state index in [1.807, 2.05) is 54.6 Å². The number of nitrogens with one attached hydrogen (secondary N) is 1. The average molecular weight is 353 g/mol. The maximum Gasteiger partial charge on any atom is 0.193 e. The van der Waals surface area contributed by atoms with E-state index < -0.39 is 0 Å². The molecule has 138 valence electrons. The van der Waals surface area contributed by atoms with Crippen LogP contribution >= 0.6 is 0 Å². The topological polar surface area (TPSA) is 68.9 Å². The number of aliphatic imine (C=N–C) groups is 1. The SMILES string of the molecule is NC(=NCCCC1CCCCO1)Nc1cccc(Oc2ccccc2)c1. The van der Waals surface area contributed by atoms with Crippen molar-refractivity contribution < 1.29 is 9.47 Å². The maximum atomic E-state index is 5.99. The number of hydrogen-bond donors (Lipinski definition) is 2. The molecule has 0 aliphatic carbocycles. The van der Waals surface area contributed by atoms with Gasteiger partial charge in [0, 0.05) is 24.9 Å².